The molecule has 9 heteroatoms. The number of hydrogen-bond donors (Lipinski definition) is 0. The first-order chi connectivity index (χ1) is 18.4. The maximum atomic E-state index is 13.5. The molecule has 9 nitrogen and oxygen atoms in total. The zero-order valence-electron chi connectivity index (χ0n) is 21.7. The Kier molecular flexibility index (Phi) is 8.60. The first-order valence-electron chi connectivity index (χ1n) is 12.6. The fraction of sp³-hybridized carbons (Fsp3) is 0.276. The minimum Gasteiger partial charge on any atom is -0.462 e. The van der Waals surface area contributed by atoms with E-state index in [1.807, 2.05) is 50.2 Å². The van der Waals surface area contributed by atoms with Crippen molar-refractivity contribution in [1.82, 2.24) is 14.0 Å². The molecule has 0 N–H and O–H groups in total. The predicted octanol–water partition coefficient (Wildman–Crippen LogP) is 3.70. The van der Waals surface area contributed by atoms with Gasteiger partial charge in [0.05, 0.1) is 12.0 Å². The zero-order valence-corrected chi connectivity index (χ0v) is 21.7. The SMILES string of the molecule is CCOCCCn1c(=NC(=O)/C=C\c2ccccc2)c(C(=O)OCC)cc2c(=O)n3cccc(C)c3nc21. The summed E-state index contributed by atoms with van der Waals surface area (Å²) in [5.41, 5.74) is 2.22. The highest BCUT2D eigenvalue weighted by molar-refractivity contribution is 5.96. The van der Waals surface area contributed by atoms with Crippen molar-refractivity contribution < 1.29 is 19.1 Å². The van der Waals surface area contributed by atoms with Crippen molar-refractivity contribution in [3.8, 4) is 0 Å². The molecule has 3 aromatic heterocycles. The largest absolute Gasteiger partial charge is 0.462 e. The average molecular weight is 515 g/mol. The topological polar surface area (TPSA) is 104 Å². The Morgan fingerprint density at radius 3 is 2.58 bits per heavy atom. The summed E-state index contributed by atoms with van der Waals surface area (Å²) in [6.07, 6.45) is 5.17. The number of pyridine rings is 2. The molecule has 3 heterocycles. The summed E-state index contributed by atoms with van der Waals surface area (Å²) >= 11 is 0. The maximum absolute atomic E-state index is 13.5. The minimum atomic E-state index is -0.680. The van der Waals surface area contributed by atoms with Crippen LogP contribution in [-0.2, 0) is 20.8 Å². The van der Waals surface area contributed by atoms with Crippen molar-refractivity contribution in [3.05, 3.63) is 93.3 Å². The summed E-state index contributed by atoms with van der Waals surface area (Å²) in [5, 5.41) is 0.221. The van der Waals surface area contributed by atoms with Crippen molar-refractivity contribution >= 4 is 34.6 Å². The molecule has 0 aliphatic rings. The van der Waals surface area contributed by atoms with E-state index in [0.29, 0.717) is 37.5 Å². The number of amides is 1. The summed E-state index contributed by atoms with van der Waals surface area (Å²) in [7, 11) is 0. The standard InChI is InChI=1S/C29H30N4O5/c1-4-37-18-10-17-32-26-22(28(35)33-16-9-11-20(3)25(33)31-26)19-23(29(36)38-5-2)27(32)30-24(34)15-14-21-12-7-6-8-13-21/h6-9,11-16,19H,4-5,10,17-18H2,1-3H3/b15-14-,30-27?. The van der Waals surface area contributed by atoms with Gasteiger partial charge in [0.2, 0.25) is 0 Å². The third kappa shape index (κ3) is 5.78. The number of esters is 1. The number of aryl methyl sites for hydroxylation is 2. The van der Waals surface area contributed by atoms with Crippen LogP contribution >= 0.6 is 0 Å². The quantitative estimate of drug-likeness (QED) is 0.146. The second-order valence-electron chi connectivity index (χ2n) is 8.54. The van der Waals surface area contributed by atoms with Crippen LogP contribution in [0.3, 0.4) is 0 Å². The molecule has 4 aromatic rings. The zero-order chi connectivity index (χ0) is 27.1. The normalized spacial score (nSPS) is 12.0. The lowest BCUT2D eigenvalue weighted by Gasteiger charge is -2.15. The third-order valence-electron chi connectivity index (χ3n) is 5.91. The first kappa shape index (κ1) is 26.7. The lowest BCUT2D eigenvalue weighted by molar-refractivity contribution is -0.113. The van der Waals surface area contributed by atoms with E-state index in [-0.39, 0.29) is 28.6 Å². The van der Waals surface area contributed by atoms with Gasteiger partial charge in [-0.25, -0.2) is 9.78 Å². The number of nitrogens with zero attached hydrogens (tertiary/aromatic N) is 4. The molecule has 38 heavy (non-hydrogen) atoms. The number of fused-ring (bicyclic) bond motifs is 2. The summed E-state index contributed by atoms with van der Waals surface area (Å²) < 4.78 is 13.9. The molecular formula is C29H30N4O5. The van der Waals surface area contributed by atoms with Crippen LogP contribution in [0, 0.1) is 6.92 Å². The Bertz CT molecular complexity index is 1630. The highest BCUT2D eigenvalue weighted by Crippen LogP contribution is 2.14. The lowest BCUT2D eigenvalue weighted by Crippen LogP contribution is -2.33. The number of carbonyl (C=O) groups excluding carboxylic acids is 2. The first-order valence-corrected chi connectivity index (χ1v) is 12.6. The number of carbonyl (C=O) groups is 2. The van der Waals surface area contributed by atoms with Gasteiger partial charge in [-0.3, -0.25) is 14.0 Å². The van der Waals surface area contributed by atoms with Gasteiger partial charge in [-0.1, -0.05) is 36.4 Å². The molecule has 0 aliphatic carbocycles. The highest BCUT2D eigenvalue weighted by Gasteiger charge is 2.20. The van der Waals surface area contributed by atoms with Crippen LogP contribution in [0.4, 0.5) is 0 Å². The third-order valence-corrected chi connectivity index (χ3v) is 5.91. The molecule has 0 radical (unpaired) electrons. The van der Waals surface area contributed by atoms with Crippen LogP contribution in [0.25, 0.3) is 22.8 Å². The lowest BCUT2D eigenvalue weighted by atomic mass is 10.2. The number of aromatic nitrogens is 3. The van der Waals surface area contributed by atoms with E-state index in [4.69, 9.17) is 14.5 Å². The molecule has 0 bridgehead atoms. The van der Waals surface area contributed by atoms with E-state index in [2.05, 4.69) is 4.99 Å². The fourth-order valence-corrected chi connectivity index (χ4v) is 4.12. The molecule has 0 saturated carbocycles. The van der Waals surface area contributed by atoms with Gasteiger partial charge in [0.1, 0.15) is 16.9 Å². The summed E-state index contributed by atoms with van der Waals surface area (Å²) in [4.78, 5) is 48.6. The van der Waals surface area contributed by atoms with Gasteiger partial charge in [0, 0.05) is 32.0 Å². The molecule has 0 spiro atoms. The highest BCUT2D eigenvalue weighted by atomic mass is 16.5. The summed E-state index contributed by atoms with van der Waals surface area (Å²) in [5.74, 6) is -1.24. The van der Waals surface area contributed by atoms with Crippen LogP contribution in [0.5, 0.6) is 0 Å². The van der Waals surface area contributed by atoms with Crippen LogP contribution < -0.4 is 11.0 Å². The van der Waals surface area contributed by atoms with Crippen molar-refractivity contribution in [2.75, 3.05) is 19.8 Å². The van der Waals surface area contributed by atoms with Crippen LogP contribution in [0.15, 0.2) is 70.6 Å². The van der Waals surface area contributed by atoms with Crippen molar-refractivity contribution in [1.29, 1.82) is 0 Å². The summed E-state index contributed by atoms with van der Waals surface area (Å²) in [6, 6.07) is 14.4. The smallest absolute Gasteiger partial charge is 0.341 e. The van der Waals surface area contributed by atoms with Gasteiger partial charge in [0.15, 0.2) is 5.49 Å². The van der Waals surface area contributed by atoms with Crippen LogP contribution in [0.1, 0.15) is 41.8 Å². The Morgan fingerprint density at radius 1 is 1.05 bits per heavy atom. The molecule has 0 fully saturated rings. The molecule has 0 atom stereocenters. The molecule has 4 rings (SSSR count). The number of ether oxygens (including phenoxy) is 2. The van der Waals surface area contributed by atoms with Gasteiger partial charge in [-0.2, -0.15) is 4.99 Å². The molecule has 1 aromatic carbocycles. The van der Waals surface area contributed by atoms with E-state index >= 15 is 0 Å². The second-order valence-corrected chi connectivity index (χ2v) is 8.54. The molecular weight excluding hydrogens is 484 g/mol. The second kappa shape index (κ2) is 12.2. The Balaban J connectivity index is 2.00. The molecule has 0 saturated heterocycles. The molecule has 1 amide bonds. The maximum Gasteiger partial charge on any atom is 0.341 e. The Morgan fingerprint density at radius 2 is 1.84 bits per heavy atom. The molecule has 0 aliphatic heterocycles. The van der Waals surface area contributed by atoms with Gasteiger partial charge < -0.3 is 14.0 Å². The van der Waals surface area contributed by atoms with Gasteiger partial charge in [-0.15, -0.1) is 0 Å². The van der Waals surface area contributed by atoms with Gasteiger partial charge >= 0.3 is 5.97 Å². The van der Waals surface area contributed by atoms with Crippen molar-refractivity contribution in [3.63, 3.8) is 0 Å². The van der Waals surface area contributed by atoms with Crippen LogP contribution in [-0.4, -0.2) is 45.6 Å². The van der Waals surface area contributed by atoms with Crippen LogP contribution in [0.2, 0.25) is 0 Å². The predicted molar refractivity (Wildman–Crippen MR) is 145 cm³/mol. The van der Waals surface area contributed by atoms with E-state index in [0.717, 1.165) is 11.1 Å². The number of rotatable bonds is 9. The van der Waals surface area contributed by atoms with E-state index in [1.165, 1.54) is 16.5 Å². The van der Waals surface area contributed by atoms with Crippen molar-refractivity contribution in [2.45, 2.75) is 33.7 Å². The number of hydrogen-bond acceptors (Lipinski definition) is 6. The monoisotopic (exact) mass is 514 g/mol. The van der Waals surface area contributed by atoms with E-state index in [1.54, 1.807) is 29.8 Å². The fourth-order valence-electron chi connectivity index (χ4n) is 4.12. The molecule has 0 unspecified atom stereocenters. The Labute approximate surface area is 219 Å². The minimum absolute atomic E-state index is 0.0173. The Hall–Kier alpha value is -4.37. The van der Waals surface area contributed by atoms with E-state index < -0.39 is 11.9 Å². The molecule has 196 valence electrons. The van der Waals surface area contributed by atoms with Gasteiger partial charge in [0.25, 0.3) is 11.5 Å². The van der Waals surface area contributed by atoms with E-state index in [9.17, 15) is 14.4 Å². The van der Waals surface area contributed by atoms with Gasteiger partial charge in [-0.05, 0) is 56.5 Å². The number of benzene rings is 1. The van der Waals surface area contributed by atoms with Crippen molar-refractivity contribution in [2.24, 2.45) is 4.99 Å². The average Bonchev–Trinajstić information content (AvgIpc) is 2.92. The summed E-state index contributed by atoms with van der Waals surface area (Å²) in [6.45, 7) is 6.89.